The van der Waals surface area contributed by atoms with Crippen LogP contribution in [0.5, 0.6) is 0 Å². The topological polar surface area (TPSA) is 15.3 Å². The summed E-state index contributed by atoms with van der Waals surface area (Å²) in [5.74, 6) is 0.997. The Balaban J connectivity index is 2.47. The predicted octanol–water partition coefficient (Wildman–Crippen LogP) is 4.30. The van der Waals surface area contributed by atoms with Crippen LogP contribution in [0.4, 0.5) is 0 Å². The Morgan fingerprint density at radius 2 is 1.70 bits per heavy atom. The first-order chi connectivity index (χ1) is 9.38. The lowest BCUT2D eigenvalue weighted by Crippen LogP contribution is -2.50. The van der Waals surface area contributed by atoms with Gasteiger partial charge in [0.2, 0.25) is 0 Å². The van der Waals surface area contributed by atoms with Gasteiger partial charge in [0.05, 0.1) is 0 Å². The Morgan fingerprint density at radius 3 is 2.15 bits per heavy atom. The molecular formula is C18H38N2. The van der Waals surface area contributed by atoms with Gasteiger partial charge in [-0.2, -0.15) is 0 Å². The van der Waals surface area contributed by atoms with Gasteiger partial charge >= 0.3 is 0 Å². The van der Waals surface area contributed by atoms with E-state index in [1.807, 2.05) is 0 Å². The van der Waals surface area contributed by atoms with Crippen LogP contribution in [-0.4, -0.2) is 37.1 Å². The molecule has 0 aromatic carbocycles. The van der Waals surface area contributed by atoms with Crippen molar-refractivity contribution in [3.05, 3.63) is 0 Å². The third-order valence-corrected chi connectivity index (χ3v) is 5.17. The molecule has 1 aliphatic rings. The number of likely N-dealkylation sites (N-methyl/N-ethyl adjacent to an activating group) is 1. The highest BCUT2D eigenvalue weighted by Gasteiger charge is 2.29. The Hall–Kier alpha value is -0.0800. The van der Waals surface area contributed by atoms with Gasteiger partial charge in [0.1, 0.15) is 0 Å². The fraction of sp³-hybridized carbons (Fsp3) is 1.00. The molecule has 0 saturated heterocycles. The lowest BCUT2D eigenvalue weighted by Gasteiger charge is -2.40. The summed E-state index contributed by atoms with van der Waals surface area (Å²) in [6.07, 6.45) is 8.28. The second-order valence-corrected chi connectivity index (χ2v) is 7.90. The van der Waals surface area contributed by atoms with Crippen LogP contribution in [-0.2, 0) is 0 Å². The average molecular weight is 283 g/mol. The maximum Gasteiger partial charge on any atom is 0.0243 e. The van der Waals surface area contributed by atoms with Gasteiger partial charge in [0, 0.05) is 18.6 Å². The zero-order chi connectivity index (χ0) is 15.2. The van der Waals surface area contributed by atoms with Crippen LogP contribution < -0.4 is 5.32 Å². The molecule has 0 amide bonds. The first-order valence-electron chi connectivity index (χ1n) is 8.82. The fourth-order valence-electron chi connectivity index (χ4n) is 3.39. The van der Waals surface area contributed by atoms with Crippen LogP contribution in [0.25, 0.3) is 0 Å². The van der Waals surface area contributed by atoms with E-state index in [4.69, 9.17) is 0 Å². The second-order valence-electron chi connectivity index (χ2n) is 7.90. The molecule has 0 aromatic rings. The van der Waals surface area contributed by atoms with Crippen LogP contribution in [0.1, 0.15) is 73.1 Å². The van der Waals surface area contributed by atoms with Crippen molar-refractivity contribution in [2.24, 2.45) is 11.3 Å². The first-order valence-corrected chi connectivity index (χ1v) is 8.82. The Bertz CT molecular complexity index is 249. The van der Waals surface area contributed by atoms with E-state index < -0.39 is 0 Å². The van der Waals surface area contributed by atoms with E-state index in [9.17, 15) is 0 Å². The molecule has 1 atom stereocenters. The number of hydrogen-bond acceptors (Lipinski definition) is 2. The molecule has 20 heavy (non-hydrogen) atoms. The van der Waals surface area contributed by atoms with Crippen molar-refractivity contribution in [2.45, 2.75) is 85.2 Å². The van der Waals surface area contributed by atoms with Crippen molar-refractivity contribution in [1.29, 1.82) is 0 Å². The van der Waals surface area contributed by atoms with Crippen molar-refractivity contribution >= 4 is 0 Å². The number of hydrogen-bond donors (Lipinski definition) is 1. The largest absolute Gasteiger partial charge is 0.312 e. The predicted molar refractivity (Wildman–Crippen MR) is 90.2 cm³/mol. The van der Waals surface area contributed by atoms with E-state index >= 15 is 0 Å². The molecule has 1 aliphatic carbocycles. The van der Waals surface area contributed by atoms with Crippen LogP contribution >= 0.6 is 0 Å². The number of nitrogens with one attached hydrogen (secondary N) is 1. The molecule has 0 heterocycles. The minimum Gasteiger partial charge on any atom is -0.312 e. The monoisotopic (exact) mass is 282 g/mol. The van der Waals surface area contributed by atoms with Gasteiger partial charge in [-0.05, 0) is 57.0 Å². The van der Waals surface area contributed by atoms with Gasteiger partial charge < -0.3 is 10.2 Å². The fourth-order valence-corrected chi connectivity index (χ4v) is 3.39. The van der Waals surface area contributed by atoms with E-state index in [0.29, 0.717) is 11.5 Å². The van der Waals surface area contributed by atoms with Gasteiger partial charge in [-0.3, -0.25) is 0 Å². The summed E-state index contributed by atoms with van der Waals surface area (Å²) in [7, 11) is 2.34. The number of rotatable bonds is 7. The molecule has 120 valence electrons. The van der Waals surface area contributed by atoms with Crippen molar-refractivity contribution in [1.82, 2.24) is 10.2 Å². The number of nitrogens with zero attached hydrogens (tertiary/aromatic N) is 1. The Morgan fingerprint density at radius 1 is 1.10 bits per heavy atom. The molecule has 0 spiro atoms. The van der Waals surface area contributed by atoms with Crippen molar-refractivity contribution in [3.8, 4) is 0 Å². The average Bonchev–Trinajstić information content (AvgIpc) is 2.42. The Kier molecular flexibility index (Phi) is 7.53. The van der Waals surface area contributed by atoms with Crippen molar-refractivity contribution in [3.63, 3.8) is 0 Å². The van der Waals surface area contributed by atoms with E-state index in [1.54, 1.807) is 0 Å². The van der Waals surface area contributed by atoms with E-state index in [2.05, 4.69) is 51.9 Å². The van der Waals surface area contributed by atoms with Gasteiger partial charge in [-0.25, -0.2) is 0 Å². The summed E-state index contributed by atoms with van der Waals surface area (Å²) >= 11 is 0. The van der Waals surface area contributed by atoms with Gasteiger partial charge in [-0.15, -0.1) is 0 Å². The summed E-state index contributed by atoms with van der Waals surface area (Å²) in [5.41, 5.74) is 0.337. The second kappa shape index (κ2) is 8.38. The molecule has 0 aromatic heterocycles. The maximum atomic E-state index is 3.76. The van der Waals surface area contributed by atoms with Crippen LogP contribution in [0, 0.1) is 11.3 Å². The van der Waals surface area contributed by atoms with E-state index in [1.165, 1.54) is 45.1 Å². The molecule has 0 aliphatic heterocycles. The van der Waals surface area contributed by atoms with Crippen LogP contribution in [0.3, 0.4) is 0 Å². The summed E-state index contributed by atoms with van der Waals surface area (Å²) < 4.78 is 0. The maximum absolute atomic E-state index is 3.76. The van der Waals surface area contributed by atoms with Crippen LogP contribution in [0.15, 0.2) is 0 Å². The zero-order valence-corrected chi connectivity index (χ0v) is 14.8. The summed E-state index contributed by atoms with van der Waals surface area (Å²) in [6.45, 7) is 14.0. The molecule has 0 radical (unpaired) electrons. The Labute approximate surface area is 127 Å². The van der Waals surface area contributed by atoms with Gasteiger partial charge in [0.15, 0.2) is 0 Å². The van der Waals surface area contributed by atoms with Crippen molar-refractivity contribution < 1.29 is 0 Å². The highest BCUT2D eigenvalue weighted by Crippen LogP contribution is 2.30. The summed E-state index contributed by atoms with van der Waals surface area (Å²) in [4.78, 5) is 2.63. The highest BCUT2D eigenvalue weighted by atomic mass is 15.2. The molecule has 0 bridgehead atoms. The summed E-state index contributed by atoms with van der Waals surface area (Å²) in [5, 5.41) is 3.76. The molecule has 1 unspecified atom stereocenters. The lowest BCUT2D eigenvalue weighted by molar-refractivity contribution is 0.122. The van der Waals surface area contributed by atoms with Gasteiger partial charge in [-0.1, -0.05) is 41.0 Å². The minimum atomic E-state index is 0.337. The minimum absolute atomic E-state index is 0.337. The molecule has 1 fully saturated rings. The third kappa shape index (κ3) is 5.73. The van der Waals surface area contributed by atoms with Crippen LogP contribution in [0.2, 0.25) is 0 Å². The van der Waals surface area contributed by atoms with Crippen molar-refractivity contribution in [2.75, 3.05) is 20.1 Å². The third-order valence-electron chi connectivity index (χ3n) is 5.17. The normalized spacial score (nSPS) is 25.9. The molecule has 2 heteroatoms. The van der Waals surface area contributed by atoms with Gasteiger partial charge in [0.25, 0.3) is 0 Å². The summed E-state index contributed by atoms with van der Waals surface area (Å²) in [6, 6.07) is 1.41. The zero-order valence-electron chi connectivity index (χ0n) is 14.8. The molecular weight excluding hydrogens is 244 g/mol. The molecule has 1 N–H and O–H groups in total. The lowest BCUT2D eigenvalue weighted by atomic mass is 9.82. The van der Waals surface area contributed by atoms with E-state index in [-0.39, 0.29) is 0 Å². The SMILES string of the molecule is CCCNC(CN(C)C1CCC(CC)CC1)C(C)(C)C. The first kappa shape index (κ1) is 18.0. The quantitative estimate of drug-likeness (QED) is 0.749. The molecule has 1 saturated carbocycles. The highest BCUT2D eigenvalue weighted by molar-refractivity contribution is 4.86. The standard InChI is InChI=1S/C18H38N2/c1-7-13-19-17(18(3,4)5)14-20(6)16-11-9-15(8-2)10-12-16/h15-17,19H,7-14H2,1-6H3. The van der Waals surface area contributed by atoms with E-state index in [0.717, 1.165) is 18.5 Å². The molecule has 2 nitrogen and oxygen atoms in total. The molecule has 1 rings (SSSR count). The smallest absolute Gasteiger partial charge is 0.0243 e.